The number of thioether (sulfide) groups is 1. The molecule has 1 N–H and O–H groups in total. The van der Waals surface area contributed by atoms with Crippen LogP contribution in [0.15, 0.2) is 28.0 Å². The number of nitrogens with one attached hydrogen (secondary N) is 1. The van der Waals surface area contributed by atoms with Crippen molar-refractivity contribution in [1.29, 1.82) is 0 Å². The molecule has 4 nitrogen and oxygen atoms in total. The Morgan fingerprint density at radius 2 is 2.25 bits per heavy atom. The van der Waals surface area contributed by atoms with Crippen molar-refractivity contribution in [2.75, 3.05) is 26.4 Å². The molecule has 0 saturated carbocycles. The van der Waals surface area contributed by atoms with Gasteiger partial charge in [-0.3, -0.25) is 0 Å². The number of hydrogen-bond acceptors (Lipinski definition) is 4. The third-order valence-corrected chi connectivity index (χ3v) is 6.66. The molecule has 7 heteroatoms. The minimum atomic E-state index is -3.46. The highest BCUT2D eigenvalue weighted by Gasteiger charge is 2.34. The largest absolute Gasteiger partial charge is 0.318 e. The SMILES string of the molecule is CNCC1CCCN1S(=O)(=O)c1ccc(SC)c(Cl)c1. The summed E-state index contributed by atoms with van der Waals surface area (Å²) in [5.74, 6) is 0. The molecule has 0 spiro atoms. The summed E-state index contributed by atoms with van der Waals surface area (Å²) < 4.78 is 27.0. The number of halogens is 1. The van der Waals surface area contributed by atoms with E-state index >= 15 is 0 Å². The number of hydrogen-bond donors (Lipinski definition) is 1. The average molecular weight is 335 g/mol. The van der Waals surface area contributed by atoms with Gasteiger partial charge in [0.1, 0.15) is 0 Å². The van der Waals surface area contributed by atoms with Crippen LogP contribution in [0.2, 0.25) is 5.02 Å². The highest BCUT2D eigenvalue weighted by molar-refractivity contribution is 7.98. The second kappa shape index (κ2) is 6.66. The first-order valence-corrected chi connectivity index (χ1v) is 9.55. The minimum absolute atomic E-state index is 0.0315. The topological polar surface area (TPSA) is 49.4 Å². The van der Waals surface area contributed by atoms with Crippen LogP contribution in [0.1, 0.15) is 12.8 Å². The maximum absolute atomic E-state index is 12.7. The van der Waals surface area contributed by atoms with Crippen LogP contribution >= 0.6 is 23.4 Å². The van der Waals surface area contributed by atoms with Gasteiger partial charge in [0, 0.05) is 24.0 Å². The Hall–Kier alpha value is -0.270. The fourth-order valence-corrected chi connectivity index (χ4v) is 5.16. The van der Waals surface area contributed by atoms with Crippen LogP contribution in [0.25, 0.3) is 0 Å². The van der Waals surface area contributed by atoms with Gasteiger partial charge in [-0.05, 0) is 44.3 Å². The quantitative estimate of drug-likeness (QED) is 0.840. The molecule has 1 aliphatic heterocycles. The Bertz CT molecular complexity index is 578. The molecular formula is C13H19ClN2O2S2. The maximum Gasteiger partial charge on any atom is 0.243 e. The Kier molecular flexibility index (Phi) is 5.36. The van der Waals surface area contributed by atoms with Crippen LogP contribution in [0, 0.1) is 0 Å². The number of nitrogens with zero attached hydrogens (tertiary/aromatic N) is 1. The smallest absolute Gasteiger partial charge is 0.243 e. The van der Waals surface area contributed by atoms with Gasteiger partial charge in [0.15, 0.2) is 0 Å². The number of sulfonamides is 1. The van der Waals surface area contributed by atoms with Crippen molar-refractivity contribution in [3.63, 3.8) is 0 Å². The van der Waals surface area contributed by atoms with Crippen molar-refractivity contribution in [2.45, 2.75) is 28.7 Å². The van der Waals surface area contributed by atoms with Crippen LogP contribution in [0.3, 0.4) is 0 Å². The van der Waals surface area contributed by atoms with Gasteiger partial charge in [-0.2, -0.15) is 4.31 Å². The predicted molar refractivity (Wildman–Crippen MR) is 84.1 cm³/mol. The molecule has 112 valence electrons. The van der Waals surface area contributed by atoms with Gasteiger partial charge in [-0.1, -0.05) is 11.6 Å². The van der Waals surface area contributed by atoms with Gasteiger partial charge in [0.2, 0.25) is 10.0 Å². The fraction of sp³-hybridized carbons (Fsp3) is 0.538. The van der Waals surface area contributed by atoms with Crippen LogP contribution in [-0.4, -0.2) is 45.2 Å². The molecule has 0 bridgehead atoms. The van der Waals surface area contributed by atoms with Gasteiger partial charge in [0.25, 0.3) is 0 Å². The number of benzene rings is 1. The first-order chi connectivity index (χ1) is 9.50. The van der Waals surface area contributed by atoms with Crippen molar-refractivity contribution in [3.05, 3.63) is 23.2 Å². The van der Waals surface area contributed by atoms with Gasteiger partial charge in [-0.25, -0.2) is 8.42 Å². The van der Waals surface area contributed by atoms with E-state index in [4.69, 9.17) is 11.6 Å². The van der Waals surface area contributed by atoms with Crippen molar-refractivity contribution in [1.82, 2.24) is 9.62 Å². The van der Waals surface area contributed by atoms with E-state index in [2.05, 4.69) is 5.32 Å². The molecule has 1 aromatic rings. The molecule has 1 fully saturated rings. The monoisotopic (exact) mass is 334 g/mol. The van der Waals surface area contributed by atoms with Crippen molar-refractivity contribution >= 4 is 33.4 Å². The second-order valence-electron chi connectivity index (χ2n) is 4.77. The molecule has 0 amide bonds. The van der Waals surface area contributed by atoms with E-state index in [1.807, 2.05) is 13.3 Å². The Balaban J connectivity index is 2.32. The molecule has 0 radical (unpaired) electrons. The van der Waals surface area contributed by atoms with Gasteiger partial charge < -0.3 is 5.32 Å². The van der Waals surface area contributed by atoms with E-state index in [1.165, 1.54) is 11.8 Å². The van der Waals surface area contributed by atoms with Crippen LogP contribution in [0.4, 0.5) is 0 Å². The molecule has 1 saturated heterocycles. The molecular weight excluding hydrogens is 316 g/mol. The van der Waals surface area contributed by atoms with Gasteiger partial charge in [-0.15, -0.1) is 11.8 Å². The van der Waals surface area contributed by atoms with Crippen molar-refractivity contribution < 1.29 is 8.42 Å². The third kappa shape index (κ3) is 3.14. The summed E-state index contributed by atoms with van der Waals surface area (Å²) in [5, 5.41) is 3.55. The van der Waals surface area contributed by atoms with E-state index < -0.39 is 10.0 Å². The zero-order chi connectivity index (χ0) is 14.8. The van der Waals surface area contributed by atoms with E-state index in [1.54, 1.807) is 22.5 Å². The molecule has 1 aliphatic rings. The van der Waals surface area contributed by atoms with Gasteiger partial charge >= 0.3 is 0 Å². The molecule has 1 heterocycles. The molecule has 2 rings (SSSR count). The maximum atomic E-state index is 12.7. The highest BCUT2D eigenvalue weighted by Crippen LogP contribution is 2.31. The standard InChI is InChI=1S/C13H19ClN2O2S2/c1-15-9-10-4-3-7-16(10)20(17,18)11-5-6-13(19-2)12(14)8-11/h5-6,8,10,15H,3-4,7,9H2,1-2H3. The molecule has 1 aromatic carbocycles. The lowest BCUT2D eigenvalue weighted by Crippen LogP contribution is -2.40. The summed E-state index contributed by atoms with van der Waals surface area (Å²) in [6.07, 6.45) is 3.72. The lowest BCUT2D eigenvalue weighted by atomic mass is 10.2. The summed E-state index contributed by atoms with van der Waals surface area (Å²) in [7, 11) is -1.62. The molecule has 1 unspecified atom stereocenters. The van der Waals surface area contributed by atoms with Crippen LogP contribution in [-0.2, 0) is 10.0 Å². The van der Waals surface area contributed by atoms with E-state index in [-0.39, 0.29) is 10.9 Å². The summed E-state index contributed by atoms with van der Waals surface area (Å²) >= 11 is 7.63. The Morgan fingerprint density at radius 1 is 1.50 bits per heavy atom. The predicted octanol–water partition coefficient (Wildman–Crippen LogP) is 2.43. The molecule has 0 aromatic heterocycles. The molecule has 1 atom stereocenters. The van der Waals surface area contributed by atoms with Gasteiger partial charge in [0.05, 0.1) is 9.92 Å². The van der Waals surface area contributed by atoms with Crippen molar-refractivity contribution in [2.24, 2.45) is 0 Å². The summed E-state index contributed by atoms with van der Waals surface area (Å²) in [6.45, 7) is 1.26. The Labute approximate surface area is 129 Å². The molecule has 20 heavy (non-hydrogen) atoms. The van der Waals surface area contributed by atoms with E-state index in [0.29, 0.717) is 18.1 Å². The van der Waals surface area contributed by atoms with Crippen LogP contribution < -0.4 is 5.32 Å². The number of likely N-dealkylation sites (N-methyl/N-ethyl adjacent to an activating group) is 1. The zero-order valence-electron chi connectivity index (χ0n) is 11.6. The van der Waals surface area contributed by atoms with Crippen LogP contribution in [0.5, 0.6) is 0 Å². The first kappa shape index (κ1) is 16.1. The number of rotatable bonds is 5. The Morgan fingerprint density at radius 3 is 2.85 bits per heavy atom. The van der Waals surface area contributed by atoms with E-state index in [0.717, 1.165) is 17.7 Å². The van der Waals surface area contributed by atoms with E-state index in [9.17, 15) is 8.42 Å². The third-order valence-electron chi connectivity index (χ3n) is 3.49. The lowest BCUT2D eigenvalue weighted by molar-refractivity contribution is 0.379. The average Bonchev–Trinajstić information content (AvgIpc) is 2.88. The lowest BCUT2D eigenvalue weighted by Gasteiger charge is -2.24. The summed E-state index contributed by atoms with van der Waals surface area (Å²) in [5.41, 5.74) is 0. The minimum Gasteiger partial charge on any atom is -0.318 e. The summed E-state index contributed by atoms with van der Waals surface area (Å²) in [6, 6.07) is 4.99. The zero-order valence-corrected chi connectivity index (χ0v) is 14.0. The highest BCUT2D eigenvalue weighted by atomic mass is 35.5. The molecule has 0 aliphatic carbocycles. The first-order valence-electron chi connectivity index (χ1n) is 6.50. The summed E-state index contributed by atoms with van der Waals surface area (Å²) in [4.78, 5) is 1.17. The fourth-order valence-electron chi connectivity index (χ4n) is 2.51. The van der Waals surface area contributed by atoms with Crippen molar-refractivity contribution in [3.8, 4) is 0 Å². The normalized spacial score (nSPS) is 20.4. The second-order valence-corrected chi connectivity index (χ2v) is 7.91.